The summed E-state index contributed by atoms with van der Waals surface area (Å²) in [6, 6.07) is 9.26. The number of halogens is 1. The monoisotopic (exact) mass is 380 g/mol. The topological polar surface area (TPSA) is 43.8 Å². The summed E-state index contributed by atoms with van der Waals surface area (Å²) in [7, 11) is 0. The van der Waals surface area contributed by atoms with Crippen LogP contribution in [0.2, 0.25) is 0 Å². The van der Waals surface area contributed by atoms with Crippen molar-refractivity contribution in [1.29, 1.82) is 0 Å². The molecule has 116 valence electrons. The van der Waals surface area contributed by atoms with Gasteiger partial charge in [0.25, 0.3) is 5.91 Å². The first-order valence-electron chi connectivity index (χ1n) is 7.16. The number of amides is 1. The van der Waals surface area contributed by atoms with Gasteiger partial charge in [-0.15, -0.1) is 11.3 Å². The molecule has 1 N–H and O–H groups in total. The minimum absolute atomic E-state index is 0.125. The molecule has 1 aromatic heterocycles. The Labute approximate surface area is 142 Å². The number of rotatable bonds is 3. The third kappa shape index (κ3) is 3.51. The number of phenols is 1. The lowest BCUT2D eigenvalue weighted by Gasteiger charge is -2.34. The molecule has 1 saturated heterocycles. The van der Waals surface area contributed by atoms with Crippen molar-refractivity contribution in [1.82, 2.24) is 9.80 Å². The van der Waals surface area contributed by atoms with Crippen LogP contribution in [0.15, 0.2) is 40.2 Å². The third-order valence-electron chi connectivity index (χ3n) is 3.83. The average molecular weight is 381 g/mol. The van der Waals surface area contributed by atoms with Crippen molar-refractivity contribution < 1.29 is 9.90 Å². The largest absolute Gasteiger partial charge is 0.508 e. The van der Waals surface area contributed by atoms with Gasteiger partial charge in [0.1, 0.15) is 5.75 Å². The van der Waals surface area contributed by atoms with Gasteiger partial charge in [-0.3, -0.25) is 9.69 Å². The van der Waals surface area contributed by atoms with Gasteiger partial charge in [-0.2, -0.15) is 0 Å². The average Bonchev–Trinajstić information content (AvgIpc) is 3.05. The Kier molecular flexibility index (Phi) is 4.81. The number of phenolic OH excluding ortho intramolecular Hbond substituents is 1. The highest BCUT2D eigenvalue weighted by molar-refractivity contribution is 9.10. The molecule has 1 aromatic carbocycles. The number of nitrogens with zero attached hydrogens (tertiary/aromatic N) is 2. The zero-order valence-corrected chi connectivity index (χ0v) is 14.4. The Morgan fingerprint density at radius 3 is 2.68 bits per heavy atom. The van der Waals surface area contributed by atoms with Crippen LogP contribution in [-0.4, -0.2) is 47.0 Å². The second kappa shape index (κ2) is 6.81. The maximum atomic E-state index is 12.3. The van der Waals surface area contributed by atoms with Crippen molar-refractivity contribution in [2.75, 3.05) is 26.2 Å². The molecule has 0 radical (unpaired) electrons. The number of carbonyl (C=O) groups excluding carboxylic acids is 1. The second-order valence-corrected chi connectivity index (χ2v) is 7.18. The lowest BCUT2D eigenvalue weighted by Crippen LogP contribution is -2.48. The summed E-state index contributed by atoms with van der Waals surface area (Å²) in [5.41, 5.74) is 0.910. The zero-order valence-electron chi connectivity index (χ0n) is 12.0. The Bertz CT molecular complexity index is 652. The fourth-order valence-corrected chi connectivity index (χ4v) is 3.69. The number of aromatic hydroxyl groups is 1. The molecule has 0 unspecified atom stereocenters. The summed E-state index contributed by atoms with van der Waals surface area (Å²) < 4.78 is 0.965. The van der Waals surface area contributed by atoms with E-state index in [-0.39, 0.29) is 5.91 Å². The summed E-state index contributed by atoms with van der Waals surface area (Å²) >= 11 is 4.92. The van der Waals surface area contributed by atoms with Crippen LogP contribution >= 0.6 is 27.3 Å². The van der Waals surface area contributed by atoms with Gasteiger partial charge in [-0.05, 0) is 29.6 Å². The van der Waals surface area contributed by atoms with Crippen molar-refractivity contribution in [2.45, 2.75) is 6.54 Å². The van der Waals surface area contributed by atoms with Crippen LogP contribution in [0.5, 0.6) is 5.75 Å². The van der Waals surface area contributed by atoms with E-state index in [0.717, 1.165) is 41.1 Å². The molecule has 0 spiro atoms. The summed E-state index contributed by atoms with van der Waals surface area (Å²) in [6.45, 7) is 3.80. The second-order valence-electron chi connectivity index (χ2n) is 5.32. The van der Waals surface area contributed by atoms with Crippen molar-refractivity contribution in [3.63, 3.8) is 0 Å². The normalized spacial score (nSPS) is 16.0. The molecule has 3 rings (SSSR count). The van der Waals surface area contributed by atoms with Gasteiger partial charge in [0.05, 0.1) is 4.88 Å². The summed E-state index contributed by atoms with van der Waals surface area (Å²) in [5, 5.41) is 11.9. The molecule has 1 aliphatic heterocycles. The van der Waals surface area contributed by atoms with E-state index >= 15 is 0 Å². The minimum atomic E-state index is 0.125. The number of thiophene rings is 1. The SMILES string of the molecule is O=C(c1cccs1)N1CCN(Cc2cc(Br)ccc2O)CC1. The van der Waals surface area contributed by atoms with Crippen LogP contribution in [0.4, 0.5) is 0 Å². The van der Waals surface area contributed by atoms with E-state index in [2.05, 4.69) is 20.8 Å². The first-order valence-corrected chi connectivity index (χ1v) is 8.83. The van der Waals surface area contributed by atoms with Crippen LogP contribution in [0.1, 0.15) is 15.2 Å². The van der Waals surface area contributed by atoms with Crippen LogP contribution in [0.25, 0.3) is 0 Å². The van der Waals surface area contributed by atoms with Crippen molar-refractivity contribution in [2.24, 2.45) is 0 Å². The fourth-order valence-electron chi connectivity index (χ4n) is 2.59. The highest BCUT2D eigenvalue weighted by atomic mass is 79.9. The van der Waals surface area contributed by atoms with Crippen LogP contribution in [0, 0.1) is 0 Å². The van der Waals surface area contributed by atoms with Gasteiger partial charge >= 0.3 is 0 Å². The molecule has 0 aliphatic carbocycles. The molecule has 22 heavy (non-hydrogen) atoms. The van der Waals surface area contributed by atoms with Crippen molar-refractivity contribution >= 4 is 33.2 Å². The quantitative estimate of drug-likeness (QED) is 0.888. The molecular formula is C16H17BrN2O2S. The number of piperazine rings is 1. The Morgan fingerprint density at radius 1 is 1.23 bits per heavy atom. The number of carbonyl (C=O) groups is 1. The number of benzene rings is 1. The van der Waals surface area contributed by atoms with Gasteiger partial charge in [0, 0.05) is 42.8 Å². The molecule has 0 saturated carbocycles. The standard InChI is InChI=1S/C16H17BrN2O2S/c17-13-3-4-14(20)12(10-13)11-18-5-7-19(8-6-18)16(21)15-2-1-9-22-15/h1-4,9-10,20H,5-8,11H2. The van der Waals surface area contributed by atoms with Gasteiger partial charge in [-0.1, -0.05) is 22.0 Å². The molecular weight excluding hydrogens is 364 g/mol. The summed E-state index contributed by atoms with van der Waals surface area (Å²) in [5.74, 6) is 0.445. The predicted octanol–water partition coefficient (Wildman–Crippen LogP) is 3.17. The van der Waals surface area contributed by atoms with E-state index in [1.165, 1.54) is 11.3 Å². The predicted molar refractivity (Wildman–Crippen MR) is 91.3 cm³/mol. The molecule has 0 atom stereocenters. The van der Waals surface area contributed by atoms with E-state index in [1.54, 1.807) is 6.07 Å². The smallest absolute Gasteiger partial charge is 0.264 e. The third-order valence-corrected chi connectivity index (χ3v) is 5.18. The summed E-state index contributed by atoms with van der Waals surface area (Å²) in [6.07, 6.45) is 0. The van der Waals surface area contributed by atoms with E-state index in [1.807, 2.05) is 34.5 Å². The minimum Gasteiger partial charge on any atom is -0.508 e. The van der Waals surface area contributed by atoms with Crippen LogP contribution < -0.4 is 0 Å². The van der Waals surface area contributed by atoms with E-state index in [4.69, 9.17) is 0 Å². The zero-order chi connectivity index (χ0) is 15.5. The molecule has 4 nitrogen and oxygen atoms in total. The molecule has 0 bridgehead atoms. The first-order chi connectivity index (χ1) is 10.6. The van der Waals surface area contributed by atoms with Crippen molar-refractivity contribution in [3.05, 3.63) is 50.6 Å². The van der Waals surface area contributed by atoms with Gasteiger partial charge < -0.3 is 10.0 Å². The molecule has 2 heterocycles. The maximum Gasteiger partial charge on any atom is 0.264 e. The van der Waals surface area contributed by atoms with Crippen molar-refractivity contribution in [3.8, 4) is 5.75 Å². The number of hydrogen-bond acceptors (Lipinski definition) is 4. The first kappa shape index (κ1) is 15.5. The highest BCUT2D eigenvalue weighted by Gasteiger charge is 2.23. The lowest BCUT2D eigenvalue weighted by molar-refractivity contribution is 0.0632. The van der Waals surface area contributed by atoms with Crippen LogP contribution in [0.3, 0.4) is 0 Å². The molecule has 1 fully saturated rings. The molecule has 6 heteroatoms. The Morgan fingerprint density at radius 2 is 2.00 bits per heavy atom. The van der Waals surface area contributed by atoms with E-state index in [9.17, 15) is 9.90 Å². The van der Waals surface area contributed by atoms with E-state index < -0.39 is 0 Å². The van der Waals surface area contributed by atoms with E-state index in [0.29, 0.717) is 12.3 Å². The molecule has 1 aliphatic rings. The van der Waals surface area contributed by atoms with Gasteiger partial charge in [0.2, 0.25) is 0 Å². The van der Waals surface area contributed by atoms with Crippen LogP contribution in [-0.2, 0) is 6.54 Å². The molecule has 1 amide bonds. The lowest BCUT2D eigenvalue weighted by atomic mass is 10.1. The van der Waals surface area contributed by atoms with Gasteiger partial charge in [-0.25, -0.2) is 0 Å². The Balaban J connectivity index is 1.58. The van der Waals surface area contributed by atoms with Gasteiger partial charge in [0.15, 0.2) is 0 Å². The maximum absolute atomic E-state index is 12.3. The molecule has 2 aromatic rings. The Hall–Kier alpha value is -1.37. The summed E-state index contributed by atoms with van der Waals surface area (Å²) in [4.78, 5) is 17.3. The highest BCUT2D eigenvalue weighted by Crippen LogP contribution is 2.24. The number of hydrogen-bond donors (Lipinski definition) is 1. The fraction of sp³-hybridized carbons (Fsp3) is 0.312.